The predicted molar refractivity (Wildman–Crippen MR) is 89.6 cm³/mol. The molecular weight excluding hydrogens is 280 g/mol. The van der Waals surface area contributed by atoms with Crippen LogP contribution < -0.4 is 10.6 Å². The van der Waals surface area contributed by atoms with E-state index in [1.165, 1.54) is 42.2 Å². The van der Waals surface area contributed by atoms with Gasteiger partial charge in [0.2, 0.25) is 0 Å². The third kappa shape index (κ3) is 3.02. The maximum Gasteiger partial charge on any atom is 0.147 e. The molecule has 0 aliphatic carbocycles. The molecule has 1 aliphatic heterocycles. The Hall–Kier alpha value is -1.62. The molecule has 0 spiro atoms. The average Bonchev–Trinajstić information content (AvgIpc) is 2.91. The molecule has 1 fully saturated rings. The molecule has 0 bridgehead atoms. The third-order valence-corrected chi connectivity index (χ3v) is 5.19. The van der Waals surface area contributed by atoms with Crippen LogP contribution in [0.2, 0.25) is 0 Å². The molecular formula is C16H22N4S. The summed E-state index contributed by atoms with van der Waals surface area (Å²) in [7, 11) is 0. The second kappa shape index (κ2) is 6.43. The van der Waals surface area contributed by atoms with Crippen molar-refractivity contribution < 1.29 is 0 Å². The first-order valence-electron chi connectivity index (χ1n) is 7.70. The number of aromatic nitrogens is 2. The van der Waals surface area contributed by atoms with Crippen LogP contribution in [0.25, 0.3) is 11.1 Å². The topological polar surface area (TPSA) is 55.0 Å². The third-order valence-electron chi connectivity index (χ3n) is 4.27. The molecule has 0 unspecified atom stereocenters. The average molecular weight is 302 g/mol. The number of pyridine rings is 1. The Labute approximate surface area is 130 Å². The number of nitrogens with zero attached hydrogens (tertiary/aromatic N) is 3. The highest BCUT2D eigenvalue weighted by Crippen LogP contribution is 2.40. The van der Waals surface area contributed by atoms with Crippen molar-refractivity contribution in [2.45, 2.75) is 32.6 Å². The van der Waals surface area contributed by atoms with Gasteiger partial charge in [0.15, 0.2) is 0 Å². The molecule has 2 N–H and O–H groups in total. The maximum atomic E-state index is 6.11. The van der Waals surface area contributed by atoms with Crippen LogP contribution in [-0.2, 0) is 0 Å². The molecule has 1 aliphatic rings. The van der Waals surface area contributed by atoms with E-state index in [-0.39, 0.29) is 0 Å². The Kier molecular flexibility index (Phi) is 4.39. The van der Waals surface area contributed by atoms with Crippen LogP contribution in [0.4, 0.5) is 10.8 Å². The van der Waals surface area contributed by atoms with Crippen molar-refractivity contribution in [2.75, 3.05) is 23.7 Å². The first kappa shape index (κ1) is 14.3. The molecule has 3 rings (SSSR count). The van der Waals surface area contributed by atoms with Gasteiger partial charge in [0, 0.05) is 25.5 Å². The zero-order chi connectivity index (χ0) is 14.7. The number of piperidine rings is 1. The minimum atomic E-state index is 0.636. The van der Waals surface area contributed by atoms with Crippen molar-refractivity contribution >= 4 is 22.4 Å². The second-order valence-corrected chi connectivity index (χ2v) is 6.45. The quantitative estimate of drug-likeness (QED) is 0.933. The van der Waals surface area contributed by atoms with Gasteiger partial charge in [-0.15, -0.1) is 0 Å². The van der Waals surface area contributed by atoms with Gasteiger partial charge in [0.25, 0.3) is 0 Å². The van der Waals surface area contributed by atoms with Crippen LogP contribution in [0.15, 0.2) is 24.5 Å². The van der Waals surface area contributed by atoms with Crippen molar-refractivity contribution in [3.8, 4) is 11.1 Å². The highest BCUT2D eigenvalue weighted by atomic mass is 32.1. The number of nitrogens with two attached hydrogens (primary N) is 1. The van der Waals surface area contributed by atoms with Crippen molar-refractivity contribution in [3.05, 3.63) is 24.5 Å². The van der Waals surface area contributed by atoms with Crippen LogP contribution in [0.5, 0.6) is 0 Å². The fourth-order valence-corrected chi connectivity index (χ4v) is 4.02. The normalized spacial score (nSPS) is 16.3. The van der Waals surface area contributed by atoms with Gasteiger partial charge >= 0.3 is 0 Å². The number of anilines is 2. The van der Waals surface area contributed by atoms with Crippen LogP contribution in [0.3, 0.4) is 0 Å². The van der Waals surface area contributed by atoms with E-state index in [4.69, 9.17) is 5.73 Å². The van der Waals surface area contributed by atoms with Crippen molar-refractivity contribution in [1.82, 2.24) is 9.36 Å². The summed E-state index contributed by atoms with van der Waals surface area (Å²) in [6.07, 6.45) is 8.83. The first-order chi connectivity index (χ1) is 10.3. The summed E-state index contributed by atoms with van der Waals surface area (Å²) in [4.78, 5) is 6.54. The summed E-state index contributed by atoms with van der Waals surface area (Å²) in [5, 5.41) is 1.22. The molecule has 0 atom stereocenters. The minimum Gasteiger partial charge on any atom is -0.382 e. The standard InChI is InChI=1S/C16H22N4S/c1-2-3-12-6-10-20(11-7-12)16-14(15(17)19-21-16)13-4-8-18-9-5-13/h4-5,8-9,12H,2-3,6-7,10-11H2,1H3,(H2,17,19). The molecule has 1 saturated heterocycles. The van der Waals surface area contributed by atoms with E-state index >= 15 is 0 Å². The van der Waals surface area contributed by atoms with E-state index in [0.29, 0.717) is 5.82 Å². The van der Waals surface area contributed by atoms with E-state index in [1.54, 1.807) is 0 Å². The molecule has 5 heteroatoms. The minimum absolute atomic E-state index is 0.636. The molecule has 21 heavy (non-hydrogen) atoms. The Morgan fingerprint density at radius 3 is 2.67 bits per heavy atom. The second-order valence-electron chi connectivity index (χ2n) is 5.70. The van der Waals surface area contributed by atoms with E-state index in [1.807, 2.05) is 24.5 Å². The Morgan fingerprint density at radius 1 is 1.29 bits per heavy atom. The van der Waals surface area contributed by atoms with E-state index in [9.17, 15) is 0 Å². The lowest BCUT2D eigenvalue weighted by molar-refractivity contribution is 0.379. The highest BCUT2D eigenvalue weighted by Gasteiger charge is 2.24. The molecule has 3 heterocycles. The molecule has 2 aromatic heterocycles. The monoisotopic (exact) mass is 302 g/mol. The fourth-order valence-electron chi connectivity index (χ4n) is 3.13. The largest absolute Gasteiger partial charge is 0.382 e. The van der Waals surface area contributed by atoms with Crippen LogP contribution in [0, 0.1) is 5.92 Å². The van der Waals surface area contributed by atoms with Gasteiger partial charge in [0.1, 0.15) is 10.8 Å². The van der Waals surface area contributed by atoms with Gasteiger partial charge in [-0.25, -0.2) is 0 Å². The van der Waals surface area contributed by atoms with Crippen molar-refractivity contribution in [1.29, 1.82) is 0 Å². The van der Waals surface area contributed by atoms with Gasteiger partial charge in [-0.1, -0.05) is 19.8 Å². The lowest BCUT2D eigenvalue weighted by atomic mass is 9.92. The van der Waals surface area contributed by atoms with Gasteiger partial charge < -0.3 is 10.6 Å². The summed E-state index contributed by atoms with van der Waals surface area (Å²) in [5.74, 6) is 1.53. The molecule has 2 aromatic rings. The van der Waals surface area contributed by atoms with E-state index in [2.05, 4.69) is 21.2 Å². The predicted octanol–water partition coefficient (Wildman–Crippen LogP) is 3.80. The van der Waals surface area contributed by atoms with Crippen molar-refractivity contribution in [2.24, 2.45) is 5.92 Å². The summed E-state index contributed by atoms with van der Waals surface area (Å²) in [6, 6.07) is 4.01. The lowest BCUT2D eigenvalue weighted by Crippen LogP contribution is -2.33. The van der Waals surface area contributed by atoms with Crippen molar-refractivity contribution in [3.63, 3.8) is 0 Å². The maximum absolute atomic E-state index is 6.11. The zero-order valence-corrected chi connectivity index (χ0v) is 13.3. The number of hydrogen-bond donors (Lipinski definition) is 1. The molecule has 4 nitrogen and oxygen atoms in total. The smallest absolute Gasteiger partial charge is 0.147 e. The van der Waals surface area contributed by atoms with Gasteiger partial charge in [-0.2, -0.15) is 4.37 Å². The molecule has 0 saturated carbocycles. The fraction of sp³-hybridized carbons (Fsp3) is 0.500. The lowest BCUT2D eigenvalue weighted by Gasteiger charge is -2.33. The van der Waals surface area contributed by atoms with Crippen LogP contribution in [-0.4, -0.2) is 22.4 Å². The van der Waals surface area contributed by atoms with Crippen LogP contribution >= 0.6 is 11.5 Å². The zero-order valence-electron chi connectivity index (χ0n) is 12.5. The van der Waals surface area contributed by atoms with E-state index in [0.717, 1.165) is 30.1 Å². The first-order valence-corrected chi connectivity index (χ1v) is 8.47. The summed E-state index contributed by atoms with van der Waals surface area (Å²) in [5.41, 5.74) is 8.30. The summed E-state index contributed by atoms with van der Waals surface area (Å²) >= 11 is 1.52. The molecule has 0 aromatic carbocycles. The highest BCUT2D eigenvalue weighted by molar-refractivity contribution is 7.11. The number of nitrogen functional groups attached to an aromatic ring is 1. The molecule has 112 valence electrons. The summed E-state index contributed by atoms with van der Waals surface area (Å²) < 4.78 is 4.38. The van der Waals surface area contributed by atoms with Gasteiger partial charge in [0.05, 0.1) is 5.56 Å². The Balaban J connectivity index is 1.81. The van der Waals surface area contributed by atoms with Crippen LogP contribution in [0.1, 0.15) is 32.6 Å². The number of hydrogen-bond acceptors (Lipinski definition) is 5. The molecule has 0 amide bonds. The SMILES string of the molecule is CCCC1CCN(c2snc(N)c2-c2ccncc2)CC1. The molecule has 0 radical (unpaired) electrons. The van der Waals surface area contributed by atoms with E-state index < -0.39 is 0 Å². The Bertz CT molecular complexity index is 573. The van der Waals surface area contributed by atoms with Gasteiger partial charge in [-0.3, -0.25) is 4.98 Å². The summed E-state index contributed by atoms with van der Waals surface area (Å²) in [6.45, 7) is 4.51. The van der Waals surface area contributed by atoms with Gasteiger partial charge in [-0.05, 0) is 48.0 Å². The number of rotatable bonds is 4. The Morgan fingerprint density at radius 2 is 2.00 bits per heavy atom.